The number of carbonyl (C=O) groups is 1. The Bertz CT molecular complexity index is 963. The molecule has 0 aromatic heterocycles. The number of carbonyl (C=O) groups excluding carboxylic acids is 1. The van der Waals surface area contributed by atoms with Crippen molar-refractivity contribution in [3.8, 4) is 0 Å². The van der Waals surface area contributed by atoms with Gasteiger partial charge in [-0.2, -0.15) is 26.3 Å². The van der Waals surface area contributed by atoms with Gasteiger partial charge >= 0.3 is 12.4 Å². The van der Waals surface area contributed by atoms with Gasteiger partial charge in [0.1, 0.15) is 12.3 Å². The molecule has 1 N–H and O–H groups in total. The maximum absolute atomic E-state index is 14.0. The van der Waals surface area contributed by atoms with Gasteiger partial charge in [0.25, 0.3) is 11.5 Å². The van der Waals surface area contributed by atoms with E-state index < -0.39 is 35.0 Å². The average Bonchev–Trinajstić information content (AvgIpc) is 3.00. The zero-order valence-electron chi connectivity index (χ0n) is 21.4. The van der Waals surface area contributed by atoms with E-state index in [0.717, 1.165) is 17.8 Å². The topological polar surface area (TPSA) is 54.0 Å². The standard InChI is InChI=1S/C24H33F6N3O3/c1-8-36-14-33(20(34)21(5)13-16(4)32(6)31-21)18-9-10-19(17(12-18)11-15(2)3)22(35-7,23(25,26)27)24(28,29)30/h9-10,12-13,15,31H,8,11,14H2,1-7H3. The van der Waals surface area contributed by atoms with Gasteiger partial charge in [0.05, 0.1) is 0 Å². The molecule has 0 spiro atoms. The molecule has 6 nitrogen and oxygen atoms in total. The molecule has 36 heavy (non-hydrogen) atoms. The van der Waals surface area contributed by atoms with E-state index in [1.807, 2.05) is 0 Å². The van der Waals surface area contributed by atoms with E-state index >= 15 is 0 Å². The second-order valence-electron chi connectivity index (χ2n) is 9.33. The second kappa shape index (κ2) is 10.6. The quantitative estimate of drug-likeness (QED) is 0.351. The third-order valence-electron chi connectivity index (χ3n) is 6.05. The third-order valence-corrected chi connectivity index (χ3v) is 6.05. The van der Waals surface area contributed by atoms with Crippen molar-refractivity contribution in [3.05, 3.63) is 41.1 Å². The molecule has 2 rings (SSSR count). The Balaban J connectivity index is 2.73. The number of alkyl halides is 6. The van der Waals surface area contributed by atoms with Crippen LogP contribution in [0.4, 0.5) is 32.0 Å². The number of allylic oxidation sites excluding steroid dienone is 1. The van der Waals surface area contributed by atoms with Gasteiger partial charge in [0.15, 0.2) is 0 Å². The number of ether oxygens (including phenoxy) is 2. The number of hydrogen-bond donors (Lipinski definition) is 1. The maximum Gasteiger partial charge on any atom is 0.430 e. The predicted octanol–water partition coefficient (Wildman–Crippen LogP) is 5.29. The molecule has 0 bridgehead atoms. The van der Waals surface area contributed by atoms with Crippen LogP contribution in [0.2, 0.25) is 0 Å². The monoisotopic (exact) mass is 525 g/mol. The fraction of sp³-hybridized carbons (Fsp3) is 0.625. The molecule has 12 heteroatoms. The Morgan fingerprint density at radius 1 is 1.17 bits per heavy atom. The van der Waals surface area contributed by atoms with Crippen molar-refractivity contribution in [3.63, 3.8) is 0 Å². The van der Waals surface area contributed by atoms with Gasteiger partial charge in [-0.3, -0.25) is 9.69 Å². The van der Waals surface area contributed by atoms with Gasteiger partial charge in [-0.15, -0.1) is 0 Å². The first-order valence-electron chi connectivity index (χ1n) is 11.4. The number of anilines is 1. The van der Waals surface area contributed by atoms with E-state index in [2.05, 4.69) is 10.2 Å². The highest BCUT2D eigenvalue weighted by atomic mass is 19.4. The predicted molar refractivity (Wildman–Crippen MR) is 123 cm³/mol. The molecule has 1 heterocycles. The highest BCUT2D eigenvalue weighted by molar-refractivity contribution is 6.01. The number of hydrogen-bond acceptors (Lipinski definition) is 5. The van der Waals surface area contributed by atoms with Gasteiger partial charge in [-0.05, 0) is 56.9 Å². The summed E-state index contributed by atoms with van der Waals surface area (Å²) in [6.45, 7) is 8.42. The van der Waals surface area contributed by atoms with Gasteiger partial charge in [-0.1, -0.05) is 19.9 Å². The van der Waals surface area contributed by atoms with Crippen molar-refractivity contribution in [1.82, 2.24) is 10.4 Å². The SMILES string of the molecule is CCOCN(C(=O)C1(C)C=C(C)N(C)N1)c1ccc(C(OC)(C(F)(F)F)C(F)(F)F)c(CC(C)C)c1. The van der Waals surface area contributed by atoms with Gasteiger partial charge in [-0.25, -0.2) is 5.43 Å². The average molecular weight is 526 g/mol. The number of benzene rings is 1. The molecule has 1 amide bonds. The van der Waals surface area contributed by atoms with Gasteiger partial charge < -0.3 is 14.5 Å². The zero-order chi connectivity index (χ0) is 27.7. The maximum atomic E-state index is 14.0. The van der Waals surface area contributed by atoms with Crippen LogP contribution in [0.3, 0.4) is 0 Å². The second-order valence-corrected chi connectivity index (χ2v) is 9.33. The highest BCUT2D eigenvalue weighted by Crippen LogP contribution is 2.54. The number of amides is 1. The number of nitrogens with one attached hydrogen (secondary N) is 1. The van der Waals surface area contributed by atoms with E-state index in [9.17, 15) is 31.1 Å². The molecule has 1 aliphatic heterocycles. The van der Waals surface area contributed by atoms with Crippen LogP contribution in [-0.4, -0.2) is 56.3 Å². The summed E-state index contributed by atoms with van der Waals surface area (Å²) in [7, 11) is 2.10. The fourth-order valence-electron chi connectivity index (χ4n) is 4.31. The van der Waals surface area contributed by atoms with Crippen molar-refractivity contribution in [1.29, 1.82) is 0 Å². The van der Waals surface area contributed by atoms with Gasteiger partial charge in [0.2, 0.25) is 0 Å². The van der Waals surface area contributed by atoms with Crippen LogP contribution in [0, 0.1) is 5.92 Å². The van der Waals surface area contributed by atoms with Crippen molar-refractivity contribution >= 4 is 11.6 Å². The summed E-state index contributed by atoms with van der Waals surface area (Å²) in [4.78, 5) is 14.8. The van der Waals surface area contributed by atoms with Gasteiger partial charge in [0, 0.05) is 37.7 Å². The van der Waals surface area contributed by atoms with Crippen molar-refractivity contribution in [2.75, 3.05) is 32.4 Å². The summed E-state index contributed by atoms with van der Waals surface area (Å²) in [6.07, 6.45) is -10.0. The molecule has 1 aromatic carbocycles. The van der Waals surface area contributed by atoms with Crippen LogP contribution >= 0.6 is 0 Å². The molecule has 204 valence electrons. The lowest BCUT2D eigenvalue weighted by molar-refractivity contribution is -0.383. The molecule has 0 radical (unpaired) electrons. The molecule has 1 unspecified atom stereocenters. The van der Waals surface area contributed by atoms with Crippen LogP contribution in [0.25, 0.3) is 0 Å². The summed E-state index contributed by atoms with van der Waals surface area (Å²) in [5.41, 5.74) is -3.15. The van der Waals surface area contributed by atoms with Crippen molar-refractivity contribution in [2.45, 2.75) is 64.5 Å². The minimum absolute atomic E-state index is 0.103. The highest BCUT2D eigenvalue weighted by Gasteiger charge is 2.73. The molecule has 0 saturated carbocycles. The Morgan fingerprint density at radius 2 is 1.75 bits per heavy atom. The number of hydrazine groups is 1. The van der Waals surface area contributed by atoms with E-state index in [1.54, 1.807) is 52.8 Å². The molecular formula is C24H33F6N3O3. The van der Waals surface area contributed by atoms with Crippen molar-refractivity contribution < 1.29 is 40.6 Å². The van der Waals surface area contributed by atoms with E-state index in [1.165, 1.54) is 11.0 Å². The van der Waals surface area contributed by atoms with Crippen LogP contribution in [0.1, 0.15) is 45.7 Å². The van der Waals surface area contributed by atoms with Crippen LogP contribution in [0.5, 0.6) is 0 Å². The Hall–Kier alpha value is -2.31. The molecule has 0 aliphatic carbocycles. The van der Waals surface area contributed by atoms with E-state index in [0.29, 0.717) is 7.11 Å². The lowest BCUT2D eigenvalue weighted by Gasteiger charge is -2.38. The number of halogens is 6. The first kappa shape index (κ1) is 29.9. The normalized spacial score (nSPS) is 19.2. The molecule has 1 atom stereocenters. The smallest absolute Gasteiger partial charge is 0.361 e. The largest absolute Gasteiger partial charge is 0.430 e. The Labute approximate surface area is 207 Å². The first-order chi connectivity index (χ1) is 16.4. The molecular weight excluding hydrogens is 492 g/mol. The van der Waals surface area contributed by atoms with Crippen LogP contribution in [0.15, 0.2) is 30.0 Å². The minimum atomic E-state index is -5.79. The summed E-state index contributed by atoms with van der Waals surface area (Å²) in [6, 6.07) is 2.97. The molecule has 1 aliphatic rings. The summed E-state index contributed by atoms with van der Waals surface area (Å²) >= 11 is 0. The molecule has 0 saturated heterocycles. The number of rotatable bonds is 9. The van der Waals surface area contributed by atoms with Crippen LogP contribution in [-0.2, 0) is 26.3 Å². The molecule has 1 aromatic rings. The number of nitrogens with zero attached hydrogens (tertiary/aromatic N) is 2. The Kier molecular flexibility index (Phi) is 8.80. The van der Waals surface area contributed by atoms with Crippen LogP contribution < -0.4 is 10.3 Å². The van der Waals surface area contributed by atoms with Crippen molar-refractivity contribution in [2.24, 2.45) is 5.92 Å². The van der Waals surface area contributed by atoms with E-state index in [4.69, 9.17) is 4.74 Å². The summed E-state index contributed by atoms with van der Waals surface area (Å²) < 4.78 is 93.7. The fourth-order valence-corrected chi connectivity index (χ4v) is 4.31. The third kappa shape index (κ3) is 5.50. The summed E-state index contributed by atoms with van der Waals surface area (Å²) in [5, 5.41) is 1.64. The number of methoxy groups -OCH3 is 1. The summed E-state index contributed by atoms with van der Waals surface area (Å²) in [5.74, 6) is -0.785. The molecule has 0 fully saturated rings. The minimum Gasteiger partial charge on any atom is -0.361 e. The lowest BCUT2D eigenvalue weighted by Crippen LogP contribution is -2.56. The Morgan fingerprint density at radius 3 is 2.17 bits per heavy atom. The lowest BCUT2D eigenvalue weighted by atomic mass is 9.84. The zero-order valence-corrected chi connectivity index (χ0v) is 21.4. The first-order valence-corrected chi connectivity index (χ1v) is 11.4. The van der Waals surface area contributed by atoms with E-state index in [-0.39, 0.29) is 36.9 Å².